The lowest BCUT2D eigenvalue weighted by Crippen LogP contribution is -2.35. The molecule has 0 saturated heterocycles. The molecular formula is C16H19N5OS. The first-order valence-corrected chi connectivity index (χ1v) is 8.76. The molecule has 0 aromatic carbocycles. The van der Waals surface area contributed by atoms with E-state index in [-0.39, 0.29) is 5.56 Å². The summed E-state index contributed by atoms with van der Waals surface area (Å²) in [4.78, 5) is 23.6. The summed E-state index contributed by atoms with van der Waals surface area (Å²) in [6.45, 7) is 3.87. The number of aromatic amines is 1. The van der Waals surface area contributed by atoms with Crippen molar-refractivity contribution < 1.29 is 0 Å². The predicted molar refractivity (Wildman–Crippen MR) is 90.6 cm³/mol. The van der Waals surface area contributed by atoms with Gasteiger partial charge in [0.05, 0.1) is 12.7 Å². The number of hydrogen-bond acceptors (Lipinski definition) is 5. The van der Waals surface area contributed by atoms with Crippen molar-refractivity contribution in [1.82, 2.24) is 24.6 Å². The van der Waals surface area contributed by atoms with E-state index in [0.717, 1.165) is 19.4 Å². The number of nitrogens with one attached hydrogen (secondary N) is 1. The molecule has 0 aliphatic carbocycles. The van der Waals surface area contributed by atoms with Crippen LogP contribution in [0.3, 0.4) is 0 Å². The van der Waals surface area contributed by atoms with Gasteiger partial charge in [0.15, 0.2) is 5.65 Å². The number of H-pyrrole nitrogens is 1. The summed E-state index contributed by atoms with van der Waals surface area (Å²) in [5.41, 5.74) is 1.97. The van der Waals surface area contributed by atoms with Gasteiger partial charge in [-0.25, -0.2) is 4.98 Å². The normalized spacial score (nSPS) is 18.4. The van der Waals surface area contributed by atoms with E-state index in [1.165, 1.54) is 10.4 Å². The van der Waals surface area contributed by atoms with E-state index in [0.29, 0.717) is 29.4 Å². The molecule has 0 spiro atoms. The average molecular weight is 329 g/mol. The summed E-state index contributed by atoms with van der Waals surface area (Å²) in [6.07, 6.45) is 3.70. The smallest absolute Gasteiger partial charge is 0.262 e. The minimum atomic E-state index is -0.112. The van der Waals surface area contributed by atoms with Crippen LogP contribution in [0.1, 0.15) is 35.7 Å². The molecule has 1 N–H and O–H groups in total. The lowest BCUT2D eigenvalue weighted by Gasteiger charge is -2.34. The summed E-state index contributed by atoms with van der Waals surface area (Å²) in [6, 6.07) is 2.64. The molecule has 0 unspecified atom stereocenters. The van der Waals surface area contributed by atoms with Gasteiger partial charge in [0.2, 0.25) is 0 Å². The molecule has 6 nitrogen and oxygen atoms in total. The first-order chi connectivity index (χ1) is 11.2. The molecule has 0 radical (unpaired) electrons. The molecule has 0 fully saturated rings. The van der Waals surface area contributed by atoms with Gasteiger partial charge in [-0.15, -0.1) is 11.3 Å². The highest BCUT2D eigenvalue weighted by Gasteiger charge is 2.27. The van der Waals surface area contributed by atoms with Crippen LogP contribution in [0.25, 0.3) is 11.0 Å². The van der Waals surface area contributed by atoms with Crippen molar-refractivity contribution in [3.8, 4) is 0 Å². The molecule has 1 aliphatic heterocycles. The van der Waals surface area contributed by atoms with Crippen molar-refractivity contribution in [2.45, 2.75) is 32.4 Å². The molecule has 4 rings (SSSR count). The zero-order chi connectivity index (χ0) is 16.0. The number of nitrogens with zero attached hydrogens (tertiary/aromatic N) is 4. The fourth-order valence-electron chi connectivity index (χ4n) is 3.46. The molecular weight excluding hydrogens is 310 g/mol. The maximum Gasteiger partial charge on any atom is 0.262 e. The van der Waals surface area contributed by atoms with Gasteiger partial charge in [-0.3, -0.25) is 14.4 Å². The van der Waals surface area contributed by atoms with Gasteiger partial charge < -0.3 is 4.98 Å². The van der Waals surface area contributed by atoms with E-state index in [4.69, 9.17) is 0 Å². The van der Waals surface area contributed by atoms with Crippen molar-refractivity contribution in [2.75, 3.05) is 6.54 Å². The largest absolute Gasteiger partial charge is 0.309 e. The van der Waals surface area contributed by atoms with Gasteiger partial charge in [-0.1, -0.05) is 6.92 Å². The van der Waals surface area contributed by atoms with E-state index < -0.39 is 0 Å². The van der Waals surface area contributed by atoms with E-state index in [1.54, 1.807) is 10.9 Å². The van der Waals surface area contributed by atoms with Crippen molar-refractivity contribution in [3.63, 3.8) is 0 Å². The molecule has 0 saturated carbocycles. The summed E-state index contributed by atoms with van der Waals surface area (Å²) in [5, 5.41) is 6.84. The molecule has 3 aromatic rings. The second-order valence-electron chi connectivity index (χ2n) is 5.96. The Bertz CT molecular complexity index is 909. The SMILES string of the molecule is CC[C@H]1c2ccsc2CCN1Cc1nc2c(cnn2C)c(=O)[nH]1. The van der Waals surface area contributed by atoms with Crippen LogP contribution in [0.4, 0.5) is 0 Å². The molecule has 0 bridgehead atoms. The molecule has 4 heterocycles. The Balaban J connectivity index is 1.68. The summed E-state index contributed by atoms with van der Waals surface area (Å²) >= 11 is 1.85. The van der Waals surface area contributed by atoms with Crippen LogP contribution in [0, 0.1) is 0 Å². The molecule has 7 heteroatoms. The Hall–Kier alpha value is -1.99. The lowest BCUT2D eigenvalue weighted by atomic mass is 9.98. The quantitative estimate of drug-likeness (QED) is 0.800. The molecule has 1 aliphatic rings. The second-order valence-corrected chi connectivity index (χ2v) is 6.96. The van der Waals surface area contributed by atoms with Gasteiger partial charge in [-0.05, 0) is 29.9 Å². The number of fused-ring (bicyclic) bond motifs is 2. The maximum atomic E-state index is 12.2. The minimum absolute atomic E-state index is 0.112. The topological polar surface area (TPSA) is 66.8 Å². The van der Waals surface area contributed by atoms with E-state index in [1.807, 2.05) is 18.4 Å². The third kappa shape index (κ3) is 2.40. The van der Waals surface area contributed by atoms with Crippen LogP contribution in [0.15, 0.2) is 22.4 Å². The van der Waals surface area contributed by atoms with Crippen molar-refractivity contribution in [2.24, 2.45) is 7.05 Å². The van der Waals surface area contributed by atoms with E-state index >= 15 is 0 Å². The number of rotatable bonds is 3. The molecule has 23 heavy (non-hydrogen) atoms. The average Bonchev–Trinajstić information content (AvgIpc) is 3.15. The Labute approximate surface area is 137 Å². The molecule has 1 atom stereocenters. The number of thiophene rings is 1. The monoisotopic (exact) mass is 329 g/mol. The van der Waals surface area contributed by atoms with Gasteiger partial charge in [-0.2, -0.15) is 5.10 Å². The third-order valence-corrected chi connectivity index (χ3v) is 5.59. The highest BCUT2D eigenvalue weighted by Crippen LogP contribution is 2.35. The van der Waals surface area contributed by atoms with Crippen molar-refractivity contribution in [1.29, 1.82) is 0 Å². The number of aromatic nitrogens is 4. The fraction of sp³-hybridized carbons (Fsp3) is 0.438. The predicted octanol–water partition coefficient (Wildman–Crippen LogP) is 2.23. The first-order valence-electron chi connectivity index (χ1n) is 7.88. The zero-order valence-corrected chi connectivity index (χ0v) is 14.1. The van der Waals surface area contributed by atoms with Gasteiger partial charge in [0, 0.05) is 24.5 Å². The van der Waals surface area contributed by atoms with Gasteiger partial charge in [0.25, 0.3) is 5.56 Å². The fourth-order valence-corrected chi connectivity index (χ4v) is 4.39. The second kappa shape index (κ2) is 5.58. The summed E-state index contributed by atoms with van der Waals surface area (Å²) in [5.74, 6) is 0.711. The summed E-state index contributed by atoms with van der Waals surface area (Å²) < 4.78 is 1.65. The minimum Gasteiger partial charge on any atom is -0.309 e. The Morgan fingerprint density at radius 2 is 2.35 bits per heavy atom. The van der Waals surface area contributed by atoms with E-state index in [9.17, 15) is 4.79 Å². The maximum absolute atomic E-state index is 12.2. The summed E-state index contributed by atoms with van der Waals surface area (Å²) in [7, 11) is 1.81. The lowest BCUT2D eigenvalue weighted by molar-refractivity contribution is 0.168. The third-order valence-electron chi connectivity index (χ3n) is 4.60. The number of aryl methyl sites for hydroxylation is 1. The van der Waals surface area contributed by atoms with Crippen LogP contribution < -0.4 is 5.56 Å². The Morgan fingerprint density at radius 3 is 3.17 bits per heavy atom. The van der Waals surface area contributed by atoms with E-state index in [2.05, 4.69) is 38.3 Å². The van der Waals surface area contributed by atoms with Crippen LogP contribution in [-0.4, -0.2) is 31.2 Å². The van der Waals surface area contributed by atoms with Crippen molar-refractivity contribution in [3.05, 3.63) is 44.3 Å². The highest BCUT2D eigenvalue weighted by molar-refractivity contribution is 7.10. The first kappa shape index (κ1) is 14.6. The van der Waals surface area contributed by atoms with Crippen LogP contribution in [0.2, 0.25) is 0 Å². The van der Waals surface area contributed by atoms with Gasteiger partial charge in [0.1, 0.15) is 11.2 Å². The van der Waals surface area contributed by atoms with Crippen LogP contribution in [0.5, 0.6) is 0 Å². The molecule has 3 aromatic heterocycles. The van der Waals surface area contributed by atoms with Gasteiger partial charge >= 0.3 is 0 Å². The Kier molecular flexibility index (Phi) is 3.54. The highest BCUT2D eigenvalue weighted by atomic mass is 32.1. The standard InChI is InChI=1S/C16H19N5OS/c1-3-12-10-5-7-23-13(10)4-6-21(12)9-14-18-15-11(16(22)19-14)8-17-20(15)2/h5,7-8,12H,3-4,6,9H2,1-2H3,(H,18,19,22)/t12-/m0/s1. The molecule has 120 valence electrons. The Morgan fingerprint density at radius 1 is 1.48 bits per heavy atom. The van der Waals surface area contributed by atoms with Crippen molar-refractivity contribution >= 4 is 22.4 Å². The zero-order valence-electron chi connectivity index (χ0n) is 13.2. The molecule has 0 amide bonds. The van der Waals surface area contributed by atoms with Crippen LogP contribution >= 0.6 is 11.3 Å². The number of hydrogen-bond donors (Lipinski definition) is 1. The van der Waals surface area contributed by atoms with Crippen LogP contribution in [-0.2, 0) is 20.0 Å².